The minimum atomic E-state index is -0.961. The van der Waals surface area contributed by atoms with E-state index in [1.165, 1.54) is 0 Å². The number of hydrogen-bond donors (Lipinski definition) is 2. The monoisotopic (exact) mass is 443 g/mol. The number of anilines is 1. The van der Waals surface area contributed by atoms with E-state index in [-0.39, 0.29) is 18.3 Å². The summed E-state index contributed by atoms with van der Waals surface area (Å²) >= 11 is 0. The van der Waals surface area contributed by atoms with Crippen LogP contribution in [0.3, 0.4) is 0 Å². The van der Waals surface area contributed by atoms with Gasteiger partial charge in [-0.25, -0.2) is 4.79 Å². The quantitative estimate of drug-likeness (QED) is 0.409. The van der Waals surface area contributed by atoms with Gasteiger partial charge in [0.25, 0.3) is 0 Å². The Morgan fingerprint density at radius 3 is 2.76 bits per heavy atom. The van der Waals surface area contributed by atoms with Gasteiger partial charge in [0.05, 0.1) is 30.7 Å². The van der Waals surface area contributed by atoms with Gasteiger partial charge in [0, 0.05) is 5.39 Å². The van der Waals surface area contributed by atoms with E-state index in [4.69, 9.17) is 9.15 Å². The third-order valence-corrected chi connectivity index (χ3v) is 6.64. The number of nitrogens with zero attached hydrogens (tertiary/aromatic N) is 1. The summed E-state index contributed by atoms with van der Waals surface area (Å²) in [4.78, 5) is 14.1. The summed E-state index contributed by atoms with van der Waals surface area (Å²) in [5.74, 6) is -0.285. The minimum Gasteiger partial charge on any atom is -0.486 e. The number of aliphatic hydroxyl groups excluding tert-OH is 1. The van der Waals surface area contributed by atoms with Gasteiger partial charge in [-0.05, 0) is 53.9 Å². The molecule has 2 heterocycles. The lowest BCUT2D eigenvalue weighted by Crippen LogP contribution is -2.70. The first-order valence-corrected chi connectivity index (χ1v) is 11.0. The Morgan fingerprint density at radius 2 is 1.97 bits per heavy atom. The molecular formula is C27H25NO5. The molecule has 0 bridgehead atoms. The van der Waals surface area contributed by atoms with Crippen molar-refractivity contribution in [2.75, 3.05) is 11.4 Å². The van der Waals surface area contributed by atoms with Gasteiger partial charge in [0.1, 0.15) is 23.0 Å². The Morgan fingerprint density at radius 1 is 1.12 bits per heavy atom. The molecule has 2 atom stereocenters. The number of aliphatic hydroxyl groups is 1. The molecule has 1 saturated heterocycles. The Bertz CT molecular complexity index is 1310. The lowest BCUT2D eigenvalue weighted by molar-refractivity contribution is 0.0357. The molecule has 1 aliphatic rings. The highest BCUT2D eigenvalue weighted by atomic mass is 16.5. The summed E-state index contributed by atoms with van der Waals surface area (Å²) < 4.78 is 12.1. The van der Waals surface area contributed by atoms with Crippen LogP contribution < -0.4 is 9.64 Å². The topological polar surface area (TPSA) is 83.1 Å². The van der Waals surface area contributed by atoms with Gasteiger partial charge in [0.2, 0.25) is 0 Å². The van der Waals surface area contributed by atoms with E-state index in [2.05, 4.69) is 17.9 Å². The highest BCUT2D eigenvalue weighted by Crippen LogP contribution is 2.49. The van der Waals surface area contributed by atoms with Gasteiger partial charge in [-0.15, -0.1) is 0 Å². The molecule has 0 radical (unpaired) electrons. The van der Waals surface area contributed by atoms with Crippen LogP contribution in [0.1, 0.15) is 34.8 Å². The van der Waals surface area contributed by atoms with E-state index in [9.17, 15) is 15.0 Å². The fourth-order valence-corrected chi connectivity index (χ4v) is 4.95. The molecule has 3 aromatic carbocycles. The van der Waals surface area contributed by atoms with Crippen LogP contribution in [0.5, 0.6) is 5.75 Å². The molecule has 168 valence electrons. The van der Waals surface area contributed by atoms with Crippen LogP contribution >= 0.6 is 0 Å². The molecule has 2 unspecified atom stereocenters. The SMILES string of the molecule is CCC1(c2ccc3ccoc3c2)C(Oc2cccc(CO)c2)CN1c1ccccc1C(=O)O. The van der Waals surface area contributed by atoms with Gasteiger partial charge >= 0.3 is 5.97 Å². The van der Waals surface area contributed by atoms with E-state index < -0.39 is 11.5 Å². The number of ether oxygens (including phenoxy) is 1. The number of carboxylic acid groups (broad SMARTS) is 1. The average Bonchev–Trinajstić information content (AvgIpc) is 3.30. The number of fused-ring (bicyclic) bond motifs is 1. The van der Waals surface area contributed by atoms with Crippen LogP contribution in [-0.4, -0.2) is 28.8 Å². The number of para-hydroxylation sites is 1. The molecule has 6 heteroatoms. The summed E-state index contributed by atoms with van der Waals surface area (Å²) in [5.41, 5.74) is 2.88. The van der Waals surface area contributed by atoms with Crippen molar-refractivity contribution in [2.45, 2.75) is 31.6 Å². The minimum absolute atomic E-state index is 0.0614. The van der Waals surface area contributed by atoms with Crippen molar-refractivity contribution in [3.63, 3.8) is 0 Å². The summed E-state index contributed by atoms with van der Waals surface area (Å²) in [5, 5.41) is 20.4. The smallest absolute Gasteiger partial charge is 0.337 e. The van der Waals surface area contributed by atoms with Crippen molar-refractivity contribution in [1.29, 1.82) is 0 Å². The summed E-state index contributed by atoms with van der Waals surface area (Å²) in [6.07, 6.45) is 2.13. The van der Waals surface area contributed by atoms with Gasteiger partial charge in [-0.1, -0.05) is 43.3 Å². The first kappa shape index (κ1) is 21.1. The van der Waals surface area contributed by atoms with Crippen LogP contribution in [0, 0.1) is 0 Å². The summed E-state index contributed by atoms with van der Waals surface area (Å²) in [6.45, 7) is 2.55. The van der Waals surface area contributed by atoms with Crippen LogP contribution in [0.15, 0.2) is 83.5 Å². The normalized spacial score (nSPS) is 19.9. The maximum Gasteiger partial charge on any atom is 0.337 e. The van der Waals surface area contributed by atoms with Crippen LogP contribution in [0.25, 0.3) is 11.0 Å². The zero-order valence-corrected chi connectivity index (χ0v) is 18.3. The maximum absolute atomic E-state index is 12.0. The van der Waals surface area contributed by atoms with E-state index in [1.54, 1.807) is 18.4 Å². The molecule has 1 aliphatic heterocycles. The van der Waals surface area contributed by atoms with Crippen LogP contribution in [-0.2, 0) is 12.1 Å². The number of furan rings is 1. The van der Waals surface area contributed by atoms with Crippen molar-refractivity contribution >= 4 is 22.6 Å². The molecule has 0 spiro atoms. The molecule has 0 amide bonds. The first-order chi connectivity index (χ1) is 16.1. The number of benzene rings is 3. The Labute approximate surface area is 191 Å². The molecule has 2 N–H and O–H groups in total. The van der Waals surface area contributed by atoms with Crippen LogP contribution in [0.4, 0.5) is 5.69 Å². The Kier molecular flexibility index (Phi) is 5.30. The zero-order chi connectivity index (χ0) is 23.0. The van der Waals surface area contributed by atoms with E-state index >= 15 is 0 Å². The average molecular weight is 443 g/mol. The summed E-state index contributed by atoms with van der Waals surface area (Å²) in [7, 11) is 0. The second-order valence-electron chi connectivity index (χ2n) is 8.30. The molecule has 33 heavy (non-hydrogen) atoms. The fourth-order valence-electron chi connectivity index (χ4n) is 4.95. The molecule has 5 rings (SSSR count). The fraction of sp³-hybridized carbons (Fsp3) is 0.222. The van der Waals surface area contributed by atoms with Crippen molar-refractivity contribution in [3.8, 4) is 5.75 Å². The van der Waals surface area contributed by atoms with Crippen LogP contribution in [0.2, 0.25) is 0 Å². The lowest BCUT2D eigenvalue weighted by Gasteiger charge is -2.59. The molecule has 6 nitrogen and oxygen atoms in total. The van der Waals surface area contributed by atoms with Crippen molar-refractivity contribution in [1.82, 2.24) is 0 Å². The molecule has 1 fully saturated rings. The molecule has 4 aromatic rings. The number of rotatable bonds is 7. The Balaban J connectivity index is 1.62. The standard InChI is InChI=1S/C27H25NO5/c1-2-27(20-11-10-19-12-13-32-24(19)15-20)25(33-21-7-5-6-18(14-21)17-29)16-28(27)23-9-4-3-8-22(23)26(30)31/h3-15,25,29H,2,16-17H2,1H3,(H,30,31). The second-order valence-corrected chi connectivity index (χ2v) is 8.30. The zero-order valence-electron chi connectivity index (χ0n) is 18.3. The maximum atomic E-state index is 12.0. The largest absolute Gasteiger partial charge is 0.486 e. The van der Waals surface area contributed by atoms with Crippen molar-refractivity contribution < 1.29 is 24.2 Å². The third kappa shape index (κ3) is 3.43. The third-order valence-electron chi connectivity index (χ3n) is 6.64. The molecule has 0 saturated carbocycles. The number of aromatic carboxylic acids is 1. The molecule has 1 aromatic heterocycles. The highest BCUT2D eigenvalue weighted by molar-refractivity contribution is 5.95. The summed E-state index contributed by atoms with van der Waals surface area (Å²) in [6, 6.07) is 22.5. The number of carbonyl (C=O) groups is 1. The van der Waals surface area contributed by atoms with Gasteiger partial charge in [-0.2, -0.15) is 0 Å². The predicted octanol–water partition coefficient (Wildman–Crippen LogP) is 5.20. The first-order valence-electron chi connectivity index (χ1n) is 11.0. The van der Waals surface area contributed by atoms with E-state index in [0.717, 1.165) is 22.1 Å². The lowest BCUT2D eigenvalue weighted by atomic mass is 9.72. The van der Waals surface area contributed by atoms with Gasteiger partial charge in [-0.3, -0.25) is 0 Å². The van der Waals surface area contributed by atoms with E-state index in [1.807, 2.05) is 54.6 Å². The number of carboxylic acids is 1. The van der Waals surface area contributed by atoms with E-state index in [0.29, 0.717) is 24.4 Å². The Hall–Kier alpha value is -3.77. The number of hydrogen-bond acceptors (Lipinski definition) is 5. The van der Waals surface area contributed by atoms with Crippen molar-refractivity contribution in [3.05, 3.63) is 95.7 Å². The van der Waals surface area contributed by atoms with Gasteiger partial charge < -0.3 is 24.3 Å². The molecule has 0 aliphatic carbocycles. The van der Waals surface area contributed by atoms with Crippen molar-refractivity contribution in [2.24, 2.45) is 0 Å². The predicted molar refractivity (Wildman–Crippen MR) is 126 cm³/mol. The second kappa shape index (κ2) is 8.30. The molecular weight excluding hydrogens is 418 g/mol. The highest BCUT2D eigenvalue weighted by Gasteiger charge is 2.56. The van der Waals surface area contributed by atoms with Gasteiger partial charge in [0.15, 0.2) is 0 Å².